The van der Waals surface area contributed by atoms with Crippen LogP contribution in [0.4, 0.5) is 0 Å². The van der Waals surface area contributed by atoms with Crippen LogP contribution in [0.5, 0.6) is 0 Å². The van der Waals surface area contributed by atoms with Crippen LogP contribution in [0.3, 0.4) is 0 Å². The van der Waals surface area contributed by atoms with Crippen LogP contribution < -0.4 is 0 Å². The van der Waals surface area contributed by atoms with Crippen molar-refractivity contribution < 1.29 is 19.4 Å². The summed E-state index contributed by atoms with van der Waals surface area (Å²) in [5.74, 6) is -0.394. The molecule has 6 heteroatoms. The quantitative estimate of drug-likeness (QED) is 0.589. The largest absolute Gasteiger partial charge is 0.444 e. The zero-order valence-electron chi connectivity index (χ0n) is 9.97. The summed E-state index contributed by atoms with van der Waals surface area (Å²) in [4.78, 5) is 26.3. The molecule has 0 unspecified atom stereocenters. The van der Waals surface area contributed by atoms with Crippen molar-refractivity contribution in [2.45, 2.75) is 40.0 Å². The summed E-state index contributed by atoms with van der Waals surface area (Å²) in [6.07, 6.45) is 2.43. The van der Waals surface area contributed by atoms with Gasteiger partial charge in [0.2, 0.25) is 0 Å². The SMILES string of the molecule is CCCC(=O)OCn1c(CO)cnc1C(C)=O. The molecular formula is C11H16N2O4. The summed E-state index contributed by atoms with van der Waals surface area (Å²) in [5, 5.41) is 9.07. The fourth-order valence-electron chi connectivity index (χ4n) is 1.38. The molecule has 0 aliphatic carbocycles. The van der Waals surface area contributed by atoms with Crippen molar-refractivity contribution in [2.24, 2.45) is 0 Å². The first kappa shape index (κ1) is 13.4. The van der Waals surface area contributed by atoms with E-state index in [1.165, 1.54) is 17.7 Å². The number of rotatable bonds is 6. The minimum absolute atomic E-state index is 0.0936. The second kappa shape index (κ2) is 6.15. The third-order valence-electron chi connectivity index (χ3n) is 2.22. The molecule has 0 amide bonds. The van der Waals surface area contributed by atoms with Gasteiger partial charge in [0, 0.05) is 13.3 Å². The predicted octanol–water partition coefficient (Wildman–Crippen LogP) is 0.879. The van der Waals surface area contributed by atoms with Gasteiger partial charge < -0.3 is 9.84 Å². The van der Waals surface area contributed by atoms with Gasteiger partial charge in [-0.3, -0.25) is 14.2 Å². The normalized spacial score (nSPS) is 10.3. The molecule has 0 spiro atoms. The highest BCUT2D eigenvalue weighted by atomic mass is 16.5. The molecule has 0 saturated heterocycles. The predicted molar refractivity (Wildman–Crippen MR) is 59.2 cm³/mol. The van der Waals surface area contributed by atoms with Gasteiger partial charge in [-0.05, 0) is 6.42 Å². The molecule has 0 bridgehead atoms. The minimum atomic E-state index is -0.334. The second-order valence-corrected chi connectivity index (χ2v) is 3.61. The molecule has 1 rings (SSSR count). The number of hydrogen-bond donors (Lipinski definition) is 1. The van der Waals surface area contributed by atoms with Crippen LogP contribution in [-0.2, 0) is 22.9 Å². The van der Waals surface area contributed by atoms with Crippen LogP contribution in [-0.4, -0.2) is 26.4 Å². The van der Waals surface area contributed by atoms with Gasteiger partial charge in [-0.15, -0.1) is 0 Å². The summed E-state index contributed by atoms with van der Waals surface area (Å²) < 4.78 is 6.38. The maximum absolute atomic E-state index is 11.3. The van der Waals surface area contributed by atoms with E-state index in [0.29, 0.717) is 18.5 Å². The van der Waals surface area contributed by atoms with Gasteiger partial charge in [-0.2, -0.15) is 0 Å². The first-order chi connectivity index (χ1) is 8.10. The minimum Gasteiger partial charge on any atom is -0.444 e. The van der Waals surface area contributed by atoms with Crippen molar-refractivity contribution in [2.75, 3.05) is 0 Å². The number of carbonyl (C=O) groups is 2. The Kier molecular flexibility index (Phi) is 4.84. The first-order valence-corrected chi connectivity index (χ1v) is 5.42. The maximum atomic E-state index is 11.3. The average Bonchev–Trinajstić information content (AvgIpc) is 2.69. The number of aromatic nitrogens is 2. The number of hydrogen-bond acceptors (Lipinski definition) is 5. The van der Waals surface area contributed by atoms with Gasteiger partial charge in [0.25, 0.3) is 0 Å². The highest BCUT2D eigenvalue weighted by Crippen LogP contribution is 2.07. The molecule has 0 atom stereocenters. The lowest BCUT2D eigenvalue weighted by molar-refractivity contribution is -0.147. The molecule has 1 N–H and O–H groups in total. The molecule has 0 radical (unpaired) electrons. The summed E-state index contributed by atoms with van der Waals surface area (Å²) in [5.41, 5.74) is 0.444. The van der Waals surface area contributed by atoms with Crippen molar-refractivity contribution in [3.05, 3.63) is 17.7 Å². The van der Waals surface area contributed by atoms with Crippen LogP contribution >= 0.6 is 0 Å². The lowest BCUT2D eigenvalue weighted by Crippen LogP contribution is -2.15. The second-order valence-electron chi connectivity index (χ2n) is 3.61. The van der Waals surface area contributed by atoms with Gasteiger partial charge in [0.1, 0.15) is 0 Å². The summed E-state index contributed by atoms with van der Waals surface area (Å²) in [6.45, 7) is 2.89. The lowest BCUT2D eigenvalue weighted by Gasteiger charge is -2.09. The number of Topliss-reactive ketones (excluding diaryl/α,β-unsaturated/α-hetero) is 1. The highest BCUT2D eigenvalue weighted by molar-refractivity contribution is 5.90. The third-order valence-corrected chi connectivity index (χ3v) is 2.22. The number of carbonyl (C=O) groups excluding carboxylic acids is 2. The molecule has 1 aromatic rings. The summed E-state index contributed by atoms with van der Waals surface area (Å²) in [7, 11) is 0. The molecule has 17 heavy (non-hydrogen) atoms. The number of aliphatic hydroxyl groups is 1. The van der Waals surface area contributed by atoms with Crippen LogP contribution in [0, 0.1) is 0 Å². The smallest absolute Gasteiger partial charge is 0.307 e. The van der Waals surface area contributed by atoms with Crippen molar-refractivity contribution in [1.29, 1.82) is 0 Å². The fraction of sp³-hybridized carbons (Fsp3) is 0.545. The van der Waals surface area contributed by atoms with Crippen molar-refractivity contribution in [3.8, 4) is 0 Å². The van der Waals surface area contributed by atoms with E-state index in [-0.39, 0.29) is 30.9 Å². The van der Waals surface area contributed by atoms with E-state index >= 15 is 0 Å². The standard InChI is InChI=1S/C11H16N2O4/c1-3-4-10(16)17-7-13-9(6-14)5-12-11(13)8(2)15/h5,14H,3-4,6-7H2,1-2H3. The Balaban J connectivity index is 2.77. The topological polar surface area (TPSA) is 81.4 Å². The summed E-state index contributed by atoms with van der Waals surface area (Å²) in [6, 6.07) is 0. The van der Waals surface area contributed by atoms with Crippen LogP contribution in [0.15, 0.2) is 6.20 Å². The van der Waals surface area contributed by atoms with Crippen LogP contribution in [0.25, 0.3) is 0 Å². The molecule has 0 aliphatic rings. The molecule has 0 aliphatic heterocycles. The number of ketones is 1. The zero-order chi connectivity index (χ0) is 12.8. The number of aliphatic hydroxyl groups excluding tert-OH is 1. The Morgan fingerprint density at radius 3 is 2.76 bits per heavy atom. The average molecular weight is 240 g/mol. The Morgan fingerprint density at radius 1 is 1.53 bits per heavy atom. The Bertz CT molecular complexity index is 412. The highest BCUT2D eigenvalue weighted by Gasteiger charge is 2.14. The van der Waals surface area contributed by atoms with Gasteiger partial charge in [0.05, 0.1) is 18.5 Å². The molecule has 0 aromatic carbocycles. The van der Waals surface area contributed by atoms with E-state index in [1.807, 2.05) is 6.92 Å². The van der Waals surface area contributed by atoms with Gasteiger partial charge in [0.15, 0.2) is 18.3 Å². The monoisotopic (exact) mass is 240 g/mol. The van der Waals surface area contributed by atoms with Crippen molar-refractivity contribution >= 4 is 11.8 Å². The number of nitrogens with zero attached hydrogens (tertiary/aromatic N) is 2. The zero-order valence-corrected chi connectivity index (χ0v) is 9.97. The van der Waals surface area contributed by atoms with Crippen LogP contribution in [0.1, 0.15) is 43.0 Å². The molecule has 0 fully saturated rings. The van der Waals surface area contributed by atoms with Crippen LogP contribution in [0.2, 0.25) is 0 Å². The molecule has 1 aromatic heterocycles. The Morgan fingerprint density at radius 2 is 2.24 bits per heavy atom. The molecule has 6 nitrogen and oxygen atoms in total. The maximum Gasteiger partial charge on any atom is 0.307 e. The Labute approximate surface area is 99.2 Å². The van der Waals surface area contributed by atoms with E-state index in [2.05, 4.69) is 4.98 Å². The van der Waals surface area contributed by atoms with Crippen molar-refractivity contribution in [3.63, 3.8) is 0 Å². The van der Waals surface area contributed by atoms with E-state index in [4.69, 9.17) is 9.84 Å². The van der Waals surface area contributed by atoms with Gasteiger partial charge >= 0.3 is 5.97 Å². The summed E-state index contributed by atoms with van der Waals surface area (Å²) >= 11 is 0. The Hall–Kier alpha value is -1.69. The van der Waals surface area contributed by atoms with E-state index < -0.39 is 0 Å². The van der Waals surface area contributed by atoms with Gasteiger partial charge in [-0.1, -0.05) is 6.92 Å². The van der Waals surface area contributed by atoms with Crippen molar-refractivity contribution in [1.82, 2.24) is 9.55 Å². The molecule has 1 heterocycles. The van der Waals surface area contributed by atoms with Gasteiger partial charge in [-0.25, -0.2) is 4.98 Å². The fourth-order valence-corrected chi connectivity index (χ4v) is 1.38. The van der Waals surface area contributed by atoms with E-state index in [1.54, 1.807) is 0 Å². The third kappa shape index (κ3) is 3.39. The lowest BCUT2D eigenvalue weighted by atomic mass is 10.3. The molecular weight excluding hydrogens is 224 g/mol. The van der Waals surface area contributed by atoms with E-state index in [0.717, 1.165) is 0 Å². The number of ether oxygens (including phenoxy) is 1. The number of imidazole rings is 1. The van der Waals surface area contributed by atoms with E-state index in [9.17, 15) is 9.59 Å². The molecule has 0 saturated carbocycles. The first-order valence-electron chi connectivity index (χ1n) is 5.42. The molecule has 94 valence electrons. The number of esters is 1.